The summed E-state index contributed by atoms with van der Waals surface area (Å²) in [5.41, 5.74) is 1.87. The second-order valence-electron chi connectivity index (χ2n) is 5.30. The van der Waals surface area contributed by atoms with Crippen LogP contribution in [0.25, 0.3) is 0 Å². The van der Waals surface area contributed by atoms with Crippen LogP contribution in [0.2, 0.25) is 0 Å². The van der Waals surface area contributed by atoms with Gasteiger partial charge in [-0.2, -0.15) is 0 Å². The maximum atomic E-state index is 13.8. The molecule has 1 heterocycles. The number of halogens is 2. The van der Waals surface area contributed by atoms with E-state index in [1.165, 1.54) is 22.6 Å². The summed E-state index contributed by atoms with van der Waals surface area (Å²) in [6.07, 6.45) is 3.37. The average molecular weight is 293 g/mol. The van der Waals surface area contributed by atoms with E-state index < -0.39 is 11.6 Å². The zero-order chi connectivity index (χ0) is 14.1. The first-order chi connectivity index (χ1) is 9.65. The Bertz CT molecular complexity index is 608. The summed E-state index contributed by atoms with van der Waals surface area (Å²) in [4.78, 5) is 1.43. The van der Waals surface area contributed by atoms with Gasteiger partial charge in [0.2, 0.25) is 0 Å². The van der Waals surface area contributed by atoms with E-state index >= 15 is 0 Å². The van der Waals surface area contributed by atoms with E-state index in [4.69, 9.17) is 0 Å². The zero-order valence-corrected chi connectivity index (χ0v) is 12.1. The average Bonchev–Trinajstić information content (AvgIpc) is 2.87. The fraction of sp³-hybridized carbons (Fsp3) is 0.375. The lowest BCUT2D eigenvalue weighted by molar-refractivity contribution is 0.409. The SMILES string of the molecule is CC(NC1CCCc2sccc21)c1ccc(F)cc1F. The molecule has 1 aromatic heterocycles. The number of hydrogen-bond donors (Lipinski definition) is 1. The Balaban J connectivity index is 1.79. The molecule has 1 nitrogen and oxygen atoms in total. The highest BCUT2D eigenvalue weighted by molar-refractivity contribution is 7.10. The molecule has 1 aromatic carbocycles. The van der Waals surface area contributed by atoms with Gasteiger partial charge in [-0.3, -0.25) is 0 Å². The molecule has 1 aliphatic carbocycles. The van der Waals surface area contributed by atoms with Crippen molar-refractivity contribution in [2.45, 2.75) is 38.3 Å². The number of benzene rings is 1. The summed E-state index contributed by atoms with van der Waals surface area (Å²) < 4.78 is 26.8. The van der Waals surface area contributed by atoms with Crippen molar-refractivity contribution in [2.24, 2.45) is 0 Å². The third-order valence-corrected chi connectivity index (χ3v) is 4.93. The van der Waals surface area contributed by atoms with Crippen molar-refractivity contribution < 1.29 is 8.78 Å². The monoisotopic (exact) mass is 293 g/mol. The van der Waals surface area contributed by atoms with Crippen molar-refractivity contribution in [3.05, 3.63) is 57.3 Å². The molecule has 0 bridgehead atoms. The number of hydrogen-bond acceptors (Lipinski definition) is 2. The fourth-order valence-corrected chi connectivity index (χ4v) is 3.89. The smallest absolute Gasteiger partial charge is 0.130 e. The highest BCUT2D eigenvalue weighted by Gasteiger charge is 2.23. The summed E-state index contributed by atoms with van der Waals surface area (Å²) >= 11 is 1.79. The molecule has 0 aliphatic heterocycles. The van der Waals surface area contributed by atoms with Gasteiger partial charge in [0.05, 0.1) is 0 Å². The molecule has 0 amide bonds. The van der Waals surface area contributed by atoms with Gasteiger partial charge in [-0.1, -0.05) is 6.07 Å². The molecule has 0 fully saturated rings. The molecule has 2 aromatic rings. The zero-order valence-electron chi connectivity index (χ0n) is 11.3. The maximum Gasteiger partial charge on any atom is 0.130 e. The Morgan fingerprint density at radius 3 is 2.95 bits per heavy atom. The van der Waals surface area contributed by atoms with E-state index in [1.807, 2.05) is 6.92 Å². The minimum Gasteiger partial charge on any atom is -0.303 e. The minimum atomic E-state index is -0.531. The summed E-state index contributed by atoms with van der Waals surface area (Å²) in [6, 6.07) is 6.08. The number of fused-ring (bicyclic) bond motifs is 1. The third kappa shape index (κ3) is 2.63. The molecule has 0 saturated heterocycles. The van der Waals surface area contributed by atoms with Gasteiger partial charge in [0.25, 0.3) is 0 Å². The van der Waals surface area contributed by atoms with Crippen molar-refractivity contribution in [3.63, 3.8) is 0 Å². The lowest BCUT2D eigenvalue weighted by atomic mass is 9.93. The summed E-state index contributed by atoms with van der Waals surface area (Å²) in [5, 5.41) is 5.60. The number of aryl methyl sites for hydroxylation is 1. The molecule has 106 valence electrons. The summed E-state index contributed by atoms with van der Waals surface area (Å²) in [6.45, 7) is 1.93. The van der Waals surface area contributed by atoms with Crippen LogP contribution in [-0.4, -0.2) is 0 Å². The quantitative estimate of drug-likeness (QED) is 0.860. The second-order valence-corrected chi connectivity index (χ2v) is 6.30. The van der Waals surface area contributed by atoms with Gasteiger partial charge in [0, 0.05) is 28.6 Å². The minimum absolute atomic E-state index is 0.133. The van der Waals surface area contributed by atoms with E-state index in [-0.39, 0.29) is 12.1 Å². The van der Waals surface area contributed by atoms with E-state index in [0.717, 1.165) is 25.3 Å². The number of thiophene rings is 1. The van der Waals surface area contributed by atoms with Crippen LogP contribution in [0, 0.1) is 11.6 Å². The van der Waals surface area contributed by atoms with E-state index in [9.17, 15) is 8.78 Å². The molecule has 0 saturated carbocycles. The van der Waals surface area contributed by atoms with E-state index in [0.29, 0.717) is 5.56 Å². The van der Waals surface area contributed by atoms with Crippen LogP contribution < -0.4 is 5.32 Å². The summed E-state index contributed by atoms with van der Waals surface area (Å²) in [7, 11) is 0. The van der Waals surface area contributed by atoms with Crippen molar-refractivity contribution in [1.82, 2.24) is 5.32 Å². The normalized spacial score (nSPS) is 19.6. The van der Waals surface area contributed by atoms with Crippen LogP contribution in [0.15, 0.2) is 29.6 Å². The fourth-order valence-electron chi connectivity index (χ4n) is 2.90. The van der Waals surface area contributed by atoms with Gasteiger partial charge in [0.1, 0.15) is 11.6 Å². The Hall–Kier alpha value is -1.26. The molecule has 1 N–H and O–H groups in total. The third-order valence-electron chi connectivity index (χ3n) is 3.93. The molecule has 0 spiro atoms. The summed E-state index contributed by atoms with van der Waals surface area (Å²) in [5.74, 6) is -1.01. The van der Waals surface area contributed by atoms with Gasteiger partial charge in [-0.25, -0.2) is 8.78 Å². The van der Waals surface area contributed by atoms with Gasteiger partial charge >= 0.3 is 0 Å². The first-order valence-electron chi connectivity index (χ1n) is 6.92. The van der Waals surface area contributed by atoms with Crippen molar-refractivity contribution in [2.75, 3.05) is 0 Å². The Morgan fingerprint density at radius 2 is 2.15 bits per heavy atom. The molecule has 20 heavy (non-hydrogen) atoms. The van der Waals surface area contributed by atoms with Gasteiger partial charge in [-0.05, 0) is 49.3 Å². The molecule has 1 aliphatic rings. The molecule has 3 rings (SSSR count). The van der Waals surface area contributed by atoms with E-state index in [2.05, 4.69) is 16.8 Å². The van der Waals surface area contributed by atoms with Gasteiger partial charge in [0.15, 0.2) is 0 Å². The number of rotatable bonds is 3. The van der Waals surface area contributed by atoms with Crippen LogP contribution in [0.3, 0.4) is 0 Å². The topological polar surface area (TPSA) is 12.0 Å². The first-order valence-corrected chi connectivity index (χ1v) is 7.80. The molecule has 2 unspecified atom stereocenters. The Kier molecular flexibility index (Phi) is 3.85. The van der Waals surface area contributed by atoms with Crippen LogP contribution in [0.4, 0.5) is 8.78 Å². The number of nitrogens with one attached hydrogen (secondary N) is 1. The Morgan fingerprint density at radius 1 is 1.30 bits per heavy atom. The predicted molar refractivity (Wildman–Crippen MR) is 77.9 cm³/mol. The Labute approximate surface area is 121 Å². The standard InChI is InChI=1S/C16H17F2NS/c1-10(12-6-5-11(17)9-14(12)18)19-15-3-2-4-16-13(15)7-8-20-16/h5-10,15,19H,2-4H2,1H3. The molecular formula is C16H17F2NS. The maximum absolute atomic E-state index is 13.8. The lowest BCUT2D eigenvalue weighted by Crippen LogP contribution is -2.27. The van der Waals surface area contributed by atoms with Crippen molar-refractivity contribution in [3.8, 4) is 0 Å². The van der Waals surface area contributed by atoms with Crippen molar-refractivity contribution in [1.29, 1.82) is 0 Å². The highest BCUT2D eigenvalue weighted by atomic mass is 32.1. The van der Waals surface area contributed by atoms with Crippen LogP contribution in [-0.2, 0) is 6.42 Å². The second kappa shape index (κ2) is 5.62. The van der Waals surface area contributed by atoms with Crippen molar-refractivity contribution >= 4 is 11.3 Å². The molecular weight excluding hydrogens is 276 g/mol. The van der Waals surface area contributed by atoms with E-state index in [1.54, 1.807) is 11.3 Å². The highest BCUT2D eigenvalue weighted by Crippen LogP contribution is 2.35. The molecule has 2 atom stereocenters. The lowest BCUT2D eigenvalue weighted by Gasteiger charge is -2.27. The molecule has 4 heteroatoms. The molecule has 0 radical (unpaired) electrons. The van der Waals surface area contributed by atoms with Gasteiger partial charge < -0.3 is 5.32 Å². The largest absolute Gasteiger partial charge is 0.303 e. The predicted octanol–water partition coefficient (Wildman–Crippen LogP) is 4.75. The van der Waals surface area contributed by atoms with Crippen LogP contribution in [0.5, 0.6) is 0 Å². The van der Waals surface area contributed by atoms with Crippen LogP contribution >= 0.6 is 11.3 Å². The van der Waals surface area contributed by atoms with Gasteiger partial charge in [-0.15, -0.1) is 11.3 Å². The first kappa shape index (κ1) is 13.7. The van der Waals surface area contributed by atoms with Crippen LogP contribution in [0.1, 0.15) is 47.9 Å².